The Balaban J connectivity index is 0.916. The van der Waals surface area contributed by atoms with Crippen molar-refractivity contribution in [1.82, 2.24) is 0 Å². The van der Waals surface area contributed by atoms with Gasteiger partial charge in [-0.05, 0) is 245 Å². The molecule has 7 heteroatoms. The molecular weight excluding hydrogens is 1540 g/mol. The van der Waals surface area contributed by atoms with Gasteiger partial charge in [0.15, 0.2) is 0 Å². The van der Waals surface area contributed by atoms with Gasteiger partial charge in [-0.2, -0.15) is 0 Å². The van der Waals surface area contributed by atoms with Crippen LogP contribution in [-0.4, -0.2) is 25.5 Å². The summed E-state index contributed by atoms with van der Waals surface area (Å²) >= 11 is 0. The Morgan fingerprint density at radius 2 is 0.523 bits per heavy atom. The Kier molecular flexibility index (Phi) is 10.2. The molecule has 0 radical (unpaired) electrons. The van der Waals surface area contributed by atoms with Crippen molar-refractivity contribution >= 4 is 120 Å². The zero-order chi connectivity index (χ0) is 124. The zero-order valence-electron chi connectivity index (χ0n) is 114. The van der Waals surface area contributed by atoms with Crippen LogP contribution in [-0.2, 0) is 5.41 Å². The molecular formula is C121H93B2N5. The van der Waals surface area contributed by atoms with E-state index in [0.29, 0.717) is 64.7 Å². The zero-order valence-corrected chi connectivity index (χ0v) is 68.7. The highest BCUT2D eigenvalue weighted by Crippen LogP contribution is 2.60. The van der Waals surface area contributed by atoms with E-state index in [1.54, 1.807) is 93.6 Å². The van der Waals surface area contributed by atoms with E-state index in [-0.39, 0.29) is 91.4 Å². The van der Waals surface area contributed by atoms with Gasteiger partial charge in [0.25, 0.3) is 13.4 Å². The molecule has 18 aromatic rings. The molecule has 0 atom stereocenters. The van der Waals surface area contributed by atoms with Gasteiger partial charge < -0.3 is 24.5 Å². The lowest BCUT2D eigenvalue weighted by Crippen LogP contribution is -2.65. The molecule has 0 amide bonds. The molecule has 6 aliphatic heterocycles. The number of hydrogen-bond acceptors (Lipinski definition) is 5. The number of piperidine rings is 2. The van der Waals surface area contributed by atoms with Crippen LogP contribution in [0.1, 0.15) is 120 Å². The van der Waals surface area contributed by atoms with Crippen LogP contribution in [0.3, 0.4) is 0 Å². The maximum absolute atomic E-state index is 10.6. The van der Waals surface area contributed by atoms with Crippen LogP contribution in [0.2, 0.25) is 0 Å². The van der Waals surface area contributed by atoms with Crippen molar-refractivity contribution < 1.29 is 61.7 Å². The summed E-state index contributed by atoms with van der Waals surface area (Å²) in [6, 6.07) is -1.06. The van der Waals surface area contributed by atoms with Crippen molar-refractivity contribution in [3.63, 3.8) is 0 Å². The summed E-state index contributed by atoms with van der Waals surface area (Å²) in [7, 11) is 0. The van der Waals surface area contributed by atoms with Crippen LogP contribution in [0.15, 0.2) is 424 Å². The molecule has 0 N–H and O–H groups in total. The highest BCUT2D eigenvalue weighted by molar-refractivity contribution is 7.03. The van der Waals surface area contributed by atoms with Crippen LogP contribution < -0.4 is 57.3 Å². The number of anilines is 13. The first-order chi connectivity index (χ1) is 81.8. The summed E-state index contributed by atoms with van der Waals surface area (Å²) in [5.41, 5.74) is -8.70. The first kappa shape index (κ1) is 42.9. The van der Waals surface area contributed by atoms with Crippen molar-refractivity contribution in [1.29, 1.82) is 0 Å². The molecule has 18 aromatic carbocycles. The second kappa shape index (κ2) is 30.5. The minimum Gasteiger partial charge on any atom is -0.365 e. The Bertz CT molecular complexity index is 9800. The molecule has 0 aromatic heterocycles. The fourth-order valence-electron chi connectivity index (χ4n) is 21.2. The van der Waals surface area contributed by atoms with E-state index in [9.17, 15) is 57.6 Å². The van der Waals surface area contributed by atoms with E-state index in [1.165, 1.54) is 36.4 Å². The van der Waals surface area contributed by atoms with Crippen LogP contribution in [0.5, 0.6) is 0 Å². The van der Waals surface area contributed by atoms with E-state index in [4.69, 9.17) is 4.11 Å². The molecule has 26 rings (SSSR count). The first-order valence-corrected chi connectivity index (χ1v) is 42.2. The normalized spacial score (nSPS) is 21.4. The lowest BCUT2D eigenvalue weighted by Gasteiger charge is -2.58. The van der Waals surface area contributed by atoms with Crippen molar-refractivity contribution in [2.75, 3.05) is 24.5 Å². The predicted molar refractivity (Wildman–Crippen MR) is 542 cm³/mol. The largest absolute Gasteiger partial charge is 0.365 e. The van der Waals surface area contributed by atoms with Crippen LogP contribution in [0.4, 0.5) is 73.9 Å². The summed E-state index contributed by atoms with van der Waals surface area (Å²) in [5.74, 6) is 0.314. The SMILES string of the molecule is [2H]c1c([2H])c([2H])c(-c2cc(-c3c([2H])c([2H])c([2H])c([2H])c3[2H])c(N3c4ccccc4B4c5cc6c(cc5N(c5ccccc5)c5cc(C(C)(C)C)cc3c54)N(c3c(-c4c([2H])c([2H])c([2H])c([2H])c4[2H])cc(-c4c([2H])c([2H])c([2H])c([2H])c4[2H])cc3-c3c([2H])c([2H])c([2H])c([2H])c3[2H])c3cc(N4C5CC7CC(C5)CC4C7)cc4c3B6c3ccccc3N4c3c(-c4c([2H])c([2H])c([2H])c([2H])c4[2H])cc(-c4c([2H])c([2H])c([2H])c([2H])c4[2H])cc3-c3c([2H])c([2H])c([2H])c([2H])c3[2H])c(-c3c([2H])c([2H])c([2H])c([2H])c3[2H])c2)c([2H])c1[2H]. The third kappa shape index (κ3) is 12.4. The maximum Gasteiger partial charge on any atom is 0.252 e. The molecule has 608 valence electrons. The van der Waals surface area contributed by atoms with E-state index >= 15 is 0 Å². The summed E-state index contributed by atoms with van der Waals surface area (Å²) in [6.07, 6.45) is 3.19. The van der Waals surface area contributed by atoms with Gasteiger partial charge in [0.1, 0.15) is 0 Å². The molecule has 2 saturated carbocycles. The number of fused-ring (bicyclic) bond motifs is 8. The fraction of sp³-hybridized carbons (Fsp3) is 0.107. The van der Waals surface area contributed by atoms with Crippen molar-refractivity contribution in [2.45, 2.75) is 70.4 Å². The van der Waals surface area contributed by atoms with Crippen LogP contribution in [0.25, 0.3) is 100 Å². The lowest BCUT2D eigenvalue weighted by molar-refractivity contribution is 0.0900. The lowest BCUT2D eigenvalue weighted by atomic mass is 9.30. The average Bonchev–Trinajstić information content (AvgIpc) is 0.667. The van der Waals surface area contributed by atoms with Gasteiger partial charge >= 0.3 is 0 Å². The van der Waals surface area contributed by atoms with E-state index in [0.717, 1.165) is 6.42 Å². The smallest absolute Gasteiger partial charge is 0.252 e. The third-order valence-corrected chi connectivity index (χ3v) is 26.1. The van der Waals surface area contributed by atoms with Crippen molar-refractivity contribution in [3.8, 4) is 100 Å². The number of benzene rings is 18. The molecule has 128 heavy (non-hydrogen) atoms. The average molecular weight is 1680 g/mol. The van der Waals surface area contributed by atoms with Gasteiger partial charge in [-0.15, -0.1) is 0 Å². The van der Waals surface area contributed by atoms with Gasteiger partial charge in [-0.1, -0.05) is 353 Å². The molecule has 4 bridgehead atoms. The molecule has 4 fully saturated rings. The predicted octanol–water partition coefficient (Wildman–Crippen LogP) is 27.9. The maximum atomic E-state index is 10.6. The van der Waals surface area contributed by atoms with Crippen molar-refractivity contribution in [2.24, 2.45) is 11.8 Å². The van der Waals surface area contributed by atoms with E-state index in [2.05, 4.69) is 4.90 Å². The van der Waals surface area contributed by atoms with E-state index in [1.807, 2.05) is 62.1 Å². The summed E-state index contributed by atoms with van der Waals surface area (Å²) < 4.78 is 440. The summed E-state index contributed by atoms with van der Waals surface area (Å²) in [4.78, 5) is 9.07. The molecule has 8 aliphatic rings. The van der Waals surface area contributed by atoms with Crippen LogP contribution in [0, 0.1) is 11.8 Å². The number of rotatable bonds is 14. The Hall–Kier alpha value is -14.9. The molecule has 2 aliphatic carbocycles. The van der Waals surface area contributed by atoms with Gasteiger partial charge in [0.05, 0.1) is 78.7 Å². The topological polar surface area (TPSA) is 16.2 Å². The summed E-state index contributed by atoms with van der Waals surface area (Å²) in [5, 5.41) is 0. The van der Waals surface area contributed by atoms with Gasteiger partial charge in [-0.3, -0.25) is 0 Å². The van der Waals surface area contributed by atoms with Crippen molar-refractivity contribution in [3.05, 3.63) is 429 Å². The Labute approximate surface area is 815 Å². The highest BCUT2D eigenvalue weighted by atomic mass is 15.3. The first-order valence-electron chi connectivity index (χ1n) is 64.7. The minimum atomic E-state index is -1.46. The quantitative estimate of drug-likeness (QED) is 0.101. The van der Waals surface area contributed by atoms with Gasteiger partial charge in [-0.25, -0.2) is 0 Å². The number of nitrogens with zero attached hydrogens (tertiary/aromatic N) is 5. The molecule has 5 nitrogen and oxygen atoms in total. The second-order valence-corrected chi connectivity index (χ2v) is 34.1. The standard InChI is InChI=1S/C121H93B2N5/c1-121(2,3)93-73-112-116-113(74-93)126(118-98(84-44-20-7-21-45-84)67-90(81-38-14-4-15-39-81)68-99(118)85-46-22-8-23-47-85)108-60-36-34-58-104(108)122(116)106-77-107-111(78-110(106)125(112)94-56-32-13-33-57-94)128(120-102(88-52-28-11-29-53-88)71-92(83-42-18-6-19-43-83)72-103(120)89-54-30-12-31-55-89)115-76-97(124-95-63-79-62-80(65-95)66-96(124)64-79)75-114-117(115)123(107)105-59-35-37-61-109(105)127(114)119-100(86-48-24-9-25-49-86)69-91(82-40-16-5-17-41-82)70-101(119)87-50-26-10-27-51-87/h4-61,67-80,95-96H,62-66H2,1-3H3/i4D,5D,6D,7D,8D,9D,10D,11D,12D,14D,15D,16D,17D,18D,19D,20D,21D,22D,23D,24D,25D,26D,27D,28D,29D,30D,31D,38D,39D,40D,41D,42D,43D,44D,45D,46D,47D,48D,49D,50D,51D,52D,53D,54D,55D. The van der Waals surface area contributed by atoms with Gasteiger partial charge in [0.2, 0.25) is 0 Å². The summed E-state index contributed by atoms with van der Waals surface area (Å²) in [6.45, 7) is 2.96. The Morgan fingerprint density at radius 3 is 0.852 bits per heavy atom. The molecule has 0 unspecified atom stereocenters. The van der Waals surface area contributed by atoms with Gasteiger partial charge in [0, 0.05) is 102 Å². The minimum absolute atomic E-state index is 0.00104. The number of hydrogen-bond donors (Lipinski definition) is 0. The monoisotopic (exact) mass is 1680 g/mol. The Morgan fingerprint density at radius 1 is 0.242 bits per heavy atom. The molecule has 6 heterocycles. The molecule has 2 saturated heterocycles. The van der Waals surface area contributed by atoms with E-state index < -0.39 is 397 Å². The highest BCUT2D eigenvalue weighted by Gasteiger charge is 2.53. The molecule has 0 spiro atoms. The second-order valence-electron chi connectivity index (χ2n) is 34.1. The van der Waals surface area contributed by atoms with Crippen LogP contribution >= 0.6 is 0 Å². The fourth-order valence-corrected chi connectivity index (χ4v) is 21.2. The third-order valence-electron chi connectivity index (χ3n) is 26.1. The number of para-hydroxylation sites is 3.